The van der Waals surface area contributed by atoms with Crippen molar-refractivity contribution >= 4 is 28.3 Å². The monoisotopic (exact) mass is 404 g/mol. The summed E-state index contributed by atoms with van der Waals surface area (Å²) in [7, 11) is 0. The molecule has 0 saturated carbocycles. The minimum atomic E-state index is -0.503. The van der Waals surface area contributed by atoms with Gasteiger partial charge in [-0.1, -0.05) is 13.3 Å². The molecule has 2 heterocycles. The van der Waals surface area contributed by atoms with Crippen molar-refractivity contribution in [2.75, 3.05) is 44.6 Å². The van der Waals surface area contributed by atoms with E-state index in [-0.39, 0.29) is 17.1 Å². The Hall–Kier alpha value is -2.75. The molecule has 158 valence electrons. The van der Waals surface area contributed by atoms with Crippen LogP contribution in [-0.4, -0.2) is 70.2 Å². The quantitative estimate of drug-likeness (QED) is 0.365. The van der Waals surface area contributed by atoms with E-state index in [1.165, 1.54) is 6.07 Å². The van der Waals surface area contributed by atoms with Gasteiger partial charge in [-0.2, -0.15) is 0 Å². The SMILES string of the molecule is CCCN1CCN(C(=O)CCCCCNc2ccc([N+](=O)[O-])c3nonc23)CC1. The molecule has 2 aromatic rings. The van der Waals surface area contributed by atoms with Gasteiger partial charge in [0.1, 0.15) is 0 Å². The van der Waals surface area contributed by atoms with Gasteiger partial charge in [0, 0.05) is 45.2 Å². The zero-order valence-electron chi connectivity index (χ0n) is 16.8. The molecule has 1 N–H and O–H groups in total. The Morgan fingerprint density at radius 1 is 1.17 bits per heavy atom. The maximum atomic E-state index is 12.3. The van der Waals surface area contributed by atoms with Crippen LogP contribution in [0.2, 0.25) is 0 Å². The molecule has 1 aliphatic heterocycles. The van der Waals surface area contributed by atoms with Crippen LogP contribution in [0.15, 0.2) is 16.8 Å². The van der Waals surface area contributed by atoms with E-state index in [4.69, 9.17) is 0 Å². The molecule has 1 aliphatic rings. The molecule has 29 heavy (non-hydrogen) atoms. The lowest BCUT2D eigenvalue weighted by Crippen LogP contribution is -2.48. The van der Waals surface area contributed by atoms with E-state index in [1.807, 2.05) is 4.90 Å². The topological polar surface area (TPSA) is 118 Å². The van der Waals surface area contributed by atoms with Gasteiger partial charge in [-0.15, -0.1) is 0 Å². The van der Waals surface area contributed by atoms with Gasteiger partial charge in [0.25, 0.3) is 0 Å². The number of aromatic nitrogens is 2. The third-order valence-electron chi connectivity index (χ3n) is 5.24. The third-order valence-corrected chi connectivity index (χ3v) is 5.24. The Labute approximate surface area is 169 Å². The summed E-state index contributed by atoms with van der Waals surface area (Å²) in [5, 5.41) is 21.6. The van der Waals surface area contributed by atoms with Crippen LogP contribution in [0.3, 0.4) is 0 Å². The average molecular weight is 404 g/mol. The second kappa shape index (κ2) is 10.1. The van der Waals surface area contributed by atoms with Gasteiger partial charge in [-0.25, -0.2) is 4.63 Å². The molecule has 0 aliphatic carbocycles. The normalized spacial score (nSPS) is 15.0. The Bertz CT molecular complexity index is 831. The lowest BCUT2D eigenvalue weighted by molar-refractivity contribution is -0.383. The molecule has 1 aromatic carbocycles. The third kappa shape index (κ3) is 5.41. The molecule has 1 saturated heterocycles. The summed E-state index contributed by atoms with van der Waals surface area (Å²) in [4.78, 5) is 27.2. The first-order valence-corrected chi connectivity index (χ1v) is 10.2. The molecule has 0 radical (unpaired) electrons. The molecule has 0 spiro atoms. The fourth-order valence-electron chi connectivity index (χ4n) is 3.64. The molecule has 0 atom stereocenters. The fourth-order valence-corrected chi connectivity index (χ4v) is 3.64. The van der Waals surface area contributed by atoms with Crippen molar-refractivity contribution < 1.29 is 14.3 Å². The van der Waals surface area contributed by atoms with E-state index in [1.54, 1.807) is 6.07 Å². The van der Waals surface area contributed by atoms with Crippen LogP contribution in [0, 0.1) is 10.1 Å². The second-order valence-electron chi connectivity index (χ2n) is 7.31. The standard InChI is InChI=1S/C19H28N6O4/c1-2-10-23-11-13-24(14-12-23)17(26)6-4-3-5-9-20-15-7-8-16(25(27)28)19-18(15)21-29-22-19/h7-8,20H,2-6,9-14H2,1H3. The number of nitro benzene ring substituents is 1. The molecule has 0 bridgehead atoms. The van der Waals surface area contributed by atoms with Gasteiger partial charge in [0.15, 0.2) is 5.52 Å². The van der Waals surface area contributed by atoms with Crippen LogP contribution in [-0.2, 0) is 4.79 Å². The highest BCUT2D eigenvalue weighted by Crippen LogP contribution is 2.28. The van der Waals surface area contributed by atoms with Gasteiger partial charge in [0.2, 0.25) is 11.4 Å². The molecule has 1 aromatic heterocycles. The highest BCUT2D eigenvalue weighted by molar-refractivity contribution is 5.93. The minimum Gasteiger partial charge on any atom is -0.383 e. The van der Waals surface area contributed by atoms with Crippen LogP contribution in [0.5, 0.6) is 0 Å². The lowest BCUT2D eigenvalue weighted by Gasteiger charge is -2.34. The number of non-ortho nitro benzene ring substituents is 1. The number of nitro groups is 1. The predicted molar refractivity (Wildman–Crippen MR) is 109 cm³/mol. The number of anilines is 1. The van der Waals surface area contributed by atoms with E-state index < -0.39 is 4.92 Å². The van der Waals surface area contributed by atoms with Crippen molar-refractivity contribution in [2.24, 2.45) is 0 Å². The molecule has 1 fully saturated rings. The number of benzene rings is 1. The van der Waals surface area contributed by atoms with Crippen molar-refractivity contribution in [3.8, 4) is 0 Å². The van der Waals surface area contributed by atoms with Crippen LogP contribution >= 0.6 is 0 Å². The fraction of sp³-hybridized carbons (Fsp3) is 0.632. The van der Waals surface area contributed by atoms with Crippen molar-refractivity contribution in [3.63, 3.8) is 0 Å². The maximum Gasteiger partial charge on any atom is 0.300 e. The van der Waals surface area contributed by atoms with Crippen molar-refractivity contribution in [1.82, 2.24) is 20.1 Å². The first-order valence-electron chi connectivity index (χ1n) is 10.2. The van der Waals surface area contributed by atoms with Gasteiger partial charge in [0.05, 0.1) is 10.6 Å². The highest BCUT2D eigenvalue weighted by Gasteiger charge is 2.20. The minimum absolute atomic E-state index is 0.124. The molecule has 10 nitrogen and oxygen atoms in total. The number of fused-ring (bicyclic) bond motifs is 1. The van der Waals surface area contributed by atoms with Crippen molar-refractivity contribution in [2.45, 2.75) is 39.0 Å². The van der Waals surface area contributed by atoms with Crippen LogP contribution in [0.4, 0.5) is 11.4 Å². The number of rotatable bonds is 10. The largest absolute Gasteiger partial charge is 0.383 e. The first kappa shape index (κ1) is 21.0. The predicted octanol–water partition coefficient (Wildman–Crippen LogP) is 2.66. The number of hydrogen-bond donors (Lipinski definition) is 1. The smallest absolute Gasteiger partial charge is 0.300 e. The van der Waals surface area contributed by atoms with Crippen molar-refractivity contribution in [3.05, 3.63) is 22.2 Å². The van der Waals surface area contributed by atoms with E-state index in [0.717, 1.165) is 58.4 Å². The Morgan fingerprint density at radius 2 is 1.93 bits per heavy atom. The molecule has 0 unspecified atom stereocenters. The lowest BCUT2D eigenvalue weighted by atomic mass is 10.1. The summed E-state index contributed by atoms with van der Waals surface area (Å²) in [6.45, 7) is 7.60. The second-order valence-corrected chi connectivity index (χ2v) is 7.31. The highest BCUT2D eigenvalue weighted by atomic mass is 16.6. The number of nitrogens with one attached hydrogen (secondary N) is 1. The molecular formula is C19H28N6O4. The van der Waals surface area contributed by atoms with E-state index >= 15 is 0 Å². The van der Waals surface area contributed by atoms with Crippen LogP contribution < -0.4 is 5.32 Å². The van der Waals surface area contributed by atoms with Gasteiger partial charge in [-0.3, -0.25) is 19.8 Å². The zero-order valence-corrected chi connectivity index (χ0v) is 16.8. The number of hydrogen-bond acceptors (Lipinski definition) is 8. The summed E-state index contributed by atoms with van der Waals surface area (Å²) >= 11 is 0. The zero-order chi connectivity index (χ0) is 20.6. The van der Waals surface area contributed by atoms with E-state index in [9.17, 15) is 14.9 Å². The first-order chi connectivity index (χ1) is 14.1. The number of carbonyl (C=O) groups is 1. The summed E-state index contributed by atoms with van der Waals surface area (Å²) in [6.07, 6.45) is 4.42. The van der Waals surface area contributed by atoms with Crippen LogP contribution in [0.1, 0.15) is 39.0 Å². The average Bonchev–Trinajstić information content (AvgIpc) is 3.21. The number of carbonyl (C=O) groups excluding carboxylic acids is 1. The number of nitrogens with zero attached hydrogens (tertiary/aromatic N) is 5. The molecule has 1 amide bonds. The van der Waals surface area contributed by atoms with Crippen molar-refractivity contribution in [1.29, 1.82) is 0 Å². The van der Waals surface area contributed by atoms with E-state index in [2.05, 4.69) is 32.1 Å². The molecule has 3 rings (SSSR count). The van der Waals surface area contributed by atoms with Gasteiger partial charge in [-0.05, 0) is 42.2 Å². The summed E-state index contributed by atoms with van der Waals surface area (Å²) in [5.41, 5.74) is 1.04. The number of piperazine rings is 1. The summed E-state index contributed by atoms with van der Waals surface area (Å²) < 4.78 is 4.66. The van der Waals surface area contributed by atoms with Crippen LogP contribution in [0.25, 0.3) is 11.0 Å². The Kier molecular flexibility index (Phi) is 7.34. The molecular weight excluding hydrogens is 376 g/mol. The number of amides is 1. The number of unbranched alkanes of at least 4 members (excludes halogenated alkanes) is 2. The molecule has 10 heteroatoms. The summed E-state index contributed by atoms with van der Waals surface area (Å²) in [6, 6.07) is 3.01. The van der Waals surface area contributed by atoms with Gasteiger partial charge >= 0.3 is 5.69 Å². The Balaban J connectivity index is 1.35. The maximum absolute atomic E-state index is 12.3. The van der Waals surface area contributed by atoms with Gasteiger partial charge < -0.3 is 10.2 Å². The van der Waals surface area contributed by atoms with E-state index in [0.29, 0.717) is 24.2 Å². The summed E-state index contributed by atoms with van der Waals surface area (Å²) in [5.74, 6) is 0.250. The Morgan fingerprint density at radius 3 is 2.66 bits per heavy atom.